The molecule has 0 saturated heterocycles. The number of aryl methyl sites for hydroxylation is 1. The lowest BCUT2D eigenvalue weighted by Crippen LogP contribution is -2.07. The van der Waals surface area contributed by atoms with Gasteiger partial charge in [-0.15, -0.1) is 0 Å². The van der Waals surface area contributed by atoms with E-state index in [4.69, 9.17) is 11.6 Å². The summed E-state index contributed by atoms with van der Waals surface area (Å²) >= 11 is 9.67. The average Bonchev–Trinajstić information content (AvgIpc) is 2.36. The predicted octanol–water partition coefficient (Wildman–Crippen LogP) is 5.29. The Labute approximate surface area is 126 Å². The zero-order valence-corrected chi connectivity index (χ0v) is 13.1. The number of halogens is 2. The zero-order chi connectivity index (χ0) is 14.0. The summed E-state index contributed by atoms with van der Waals surface area (Å²) in [5.41, 5.74) is 2.99. The molecule has 2 aromatic carbocycles. The van der Waals surface area contributed by atoms with Crippen LogP contribution in [-0.2, 0) is 0 Å². The van der Waals surface area contributed by atoms with Crippen molar-refractivity contribution in [3.63, 3.8) is 0 Å². The molecule has 0 bridgehead atoms. The molecule has 0 saturated carbocycles. The smallest absolute Gasteiger partial charge is 0.115 e. The topological polar surface area (TPSA) is 32.3 Å². The van der Waals surface area contributed by atoms with Crippen LogP contribution in [0.1, 0.15) is 24.1 Å². The highest BCUT2D eigenvalue weighted by Crippen LogP contribution is 2.32. The molecular formula is C15H15BrClNO. The van der Waals surface area contributed by atoms with Gasteiger partial charge in [0.05, 0.1) is 5.69 Å². The third-order valence-corrected chi connectivity index (χ3v) is 4.05. The molecule has 4 heteroatoms. The number of aromatic hydroxyl groups is 1. The number of nitrogens with one attached hydrogen (secondary N) is 1. The van der Waals surface area contributed by atoms with E-state index in [1.165, 1.54) is 0 Å². The number of phenolic OH excluding ortho intramolecular Hbond substituents is 1. The standard InChI is InChI=1S/C15H15BrClNO/c1-9-6-13(16)15(8-14(9)17)18-10(2)11-4-3-5-12(19)7-11/h3-8,10,18-19H,1-2H3. The first kappa shape index (κ1) is 14.2. The fourth-order valence-corrected chi connectivity index (χ4v) is 2.60. The lowest BCUT2D eigenvalue weighted by Gasteiger charge is -2.18. The van der Waals surface area contributed by atoms with Crippen LogP contribution in [0.15, 0.2) is 40.9 Å². The third kappa shape index (κ3) is 3.43. The van der Waals surface area contributed by atoms with Crippen LogP contribution in [0, 0.1) is 6.92 Å². The van der Waals surface area contributed by atoms with Gasteiger partial charge in [0.2, 0.25) is 0 Å². The maximum Gasteiger partial charge on any atom is 0.115 e. The molecule has 0 heterocycles. The Morgan fingerprint density at radius 3 is 2.68 bits per heavy atom. The summed E-state index contributed by atoms with van der Waals surface area (Å²) in [6, 6.07) is 11.2. The van der Waals surface area contributed by atoms with Crippen molar-refractivity contribution in [3.8, 4) is 5.75 Å². The first-order valence-electron chi connectivity index (χ1n) is 5.98. The molecule has 2 aromatic rings. The van der Waals surface area contributed by atoms with E-state index in [-0.39, 0.29) is 11.8 Å². The largest absolute Gasteiger partial charge is 0.508 e. The van der Waals surface area contributed by atoms with Gasteiger partial charge >= 0.3 is 0 Å². The minimum atomic E-state index is 0.0715. The molecule has 0 spiro atoms. The quantitative estimate of drug-likeness (QED) is 0.795. The van der Waals surface area contributed by atoms with Gasteiger partial charge in [0.15, 0.2) is 0 Å². The molecule has 100 valence electrons. The van der Waals surface area contributed by atoms with Crippen molar-refractivity contribution in [1.29, 1.82) is 0 Å². The summed E-state index contributed by atoms with van der Waals surface area (Å²) in [5, 5.41) is 13.6. The van der Waals surface area contributed by atoms with Gasteiger partial charge in [-0.05, 0) is 65.2 Å². The fraction of sp³-hybridized carbons (Fsp3) is 0.200. The molecule has 0 radical (unpaired) electrons. The second-order valence-electron chi connectivity index (χ2n) is 4.54. The molecule has 0 aliphatic carbocycles. The molecule has 2 N–H and O–H groups in total. The van der Waals surface area contributed by atoms with Crippen molar-refractivity contribution in [3.05, 3.63) is 57.0 Å². The van der Waals surface area contributed by atoms with E-state index in [1.807, 2.05) is 38.1 Å². The first-order chi connectivity index (χ1) is 8.97. The summed E-state index contributed by atoms with van der Waals surface area (Å²) in [7, 11) is 0. The van der Waals surface area contributed by atoms with Gasteiger partial charge in [-0.1, -0.05) is 23.7 Å². The van der Waals surface area contributed by atoms with Crippen LogP contribution in [0.3, 0.4) is 0 Å². The molecule has 0 aliphatic rings. The number of benzene rings is 2. The Morgan fingerprint density at radius 2 is 2.00 bits per heavy atom. The van der Waals surface area contributed by atoms with Crippen LogP contribution < -0.4 is 5.32 Å². The third-order valence-electron chi connectivity index (χ3n) is 2.99. The van der Waals surface area contributed by atoms with E-state index in [9.17, 15) is 5.11 Å². The Balaban J connectivity index is 2.24. The minimum absolute atomic E-state index is 0.0715. The lowest BCUT2D eigenvalue weighted by molar-refractivity contribution is 0.474. The fourth-order valence-electron chi connectivity index (χ4n) is 1.87. The molecular weight excluding hydrogens is 326 g/mol. The van der Waals surface area contributed by atoms with E-state index in [0.717, 1.165) is 26.3 Å². The van der Waals surface area contributed by atoms with Crippen LogP contribution in [0.5, 0.6) is 5.75 Å². The van der Waals surface area contributed by atoms with E-state index in [2.05, 4.69) is 21.2 Å². The maximum absolute atomic E-state index is 9.50. The Morgan fingerprint density at radius 1 is 1.26 bits per heavy atom. The zero-order valence-electron chi connectivity index (χ0n) is 10.7. The van der Waals surface area contributed by atoms with Gasteiger partial charge in [-0.2, -0.15) is 0 Å². The van der Waals surface area contributed by atoms with Crippen molar-refractivity contribution in [2.45, 2.75) is 19.9 Å². The van der Waals surface area contributed by atoms with Crippen molar-refractivity contribution in [1.82, 2.24) is 0 Å². The molecule has 2 rings (SSSR count). The van der Waals surface area contributed by atoms with E-state index in [1.54, 1.807) is 12.1 Å². The highest BCUT2D eigenvalue weighted by atomic mass is 79.9. The van der Waals surface area contributed by atoms with E-state index < -0.39 is 0 Å². The van der Waals surface area contributed by atoms with Crippen LogP contribution in [0.2, 0.25) is 5.02 Å². The molecule has 1 unspecified atom stereocenters. The molecule has 1 atom stereocenters. The van der Waals surface area contributed by atoms with Gasteiger partial charge < -0.3 is 10.4 Å². The van der Waals surface area contributed by atoms with Gasteiger partial charge in [0.25, 0.3) is 0 Å². The van der Waals surface area contributed by atoms with Gasteiger partial charge in [0, 0.05) is 15.5 Å². The maximum atomic E-state index is 9.50. The summed E-state index contributed by atoms with van der Waals surface area (Å²) < 4.78 is 0.974. The Hall–Kier alpha value is -1.19. The normalized spacial score (nSPS) is 12.2. The number of rotatable bonds is 3. The average molecular weight is 341 g/mol. The summed E-state index contributed by atoms with van der Waals surface area (Å²) in [4.78, 5) is 0. The SMILES string of the molecule is Cc1cc(Br)c(NC(C)c2cccc(O)c2)cc1Cl. The first-order valence-corrected chi connectivity index (χ1v) is 7.15. The Kier molecular flexibility index (Phi) is 4.38. The van der Waals surface area contributed by atoms with Crippen molar-refractivity contribution in [2.75, 3.05) is 5.32 Å². The molecule has 0 aliphatic heterocycles. The summed E-state index contributed by atoms with van der Waals surface area (Å²) in [6.45, 7) is 4.00. The minimum Gasteiger partial charge on any atom is -0.508 e. The van der Waals surface area contributed by atoms with E-state index >= 15 is 0 Å². The lowest BCUT2D eigenvalue weighted by atomic mass is 10.1. The molecule has 2 nitrogen and oxygen atoms in total. The number of hydrogen-bond acceptors (Lipinski definition) is 2. The van der Waals surface area contributed by atoms with Gasteiger partial charge in [-0.3, -0.25) is 0 Å². The van der Waals surface area contributed by atoms with Crippen molar-refractivity contribution < 1.29 is 5.11 Å². The highest BCUT2D eigenvalue weighted by Gasteiger charge is 2.10. The number of phenols is 1. The van der Waals surface area contributed by atoms with Crippen molar-refractivity contribution in [2.24, 2.45) is 0 Å². The molecule has 0 fully saturated rings. The number of anilines is 1. The van der Waals surface area contributed by atoms with Crippen LogP contribution >= 0.6 is 27.5 Å². The second kappa shape index (κ2) is 5.85. The van der Waals surface area contributed by atoms with Gasteiger partial charge in [0.1, 0.15) is 5.75 Å². The van der Waals surface area contributed by atoms with Crippen LogP contribution in [0.4, 0.5) is 5.69 Å². The summed E-state index contributed by atoms with van der Waals surface area (Å²) in [5.74, 6) is 0.271. The van der Waals surface area contributed by atoms with Crippen LogP contribution in [0.25, 0.3) is 0 Å². The highest BCUT2D eigenvalue weighted by molar-refractivity contribution is 9.10. The van der Waals surface area contributed by atoms with Crippen LogP contribution in [-0.4, -0.2) is 5.11 Å². The predicted molar refractivity (Wildman–Crippen MR) is 84.0 cm³/mol. The van der Waals surface area contributed by atoms with E-state index in [0.29, 0.717) is 0 Å². The molecule has 0 amide bonds. The van der Waals surface area contributed by atoms with Crippen molar-refractivity contribution >= 4 is 33.2 Å². The molecule has 0 aromatic heterocycles. The summed E-state index contributed by atoms with van der Waals surface area (Å²) in [6.07, 6.45) is 0. The monoisotopic (exact) mass is 339 g/mol. The van der Waals surface area contributed by atoms with Gasteiger partial charge in [-0.25, -0.2) is 0 Å². The second-order valence-corrected chi connectivity index (χ2v) is 5.80. The Bertz CT molecular complexity index is 601. The molecule has 19 heavy (non-hydrogen) atoms. The number of hydrogen-bond donors (Lipinski definition) is 2.